The van der Waals surface area contributed by atoms with Gasteiger partial charge in [-0.05, 0) is 37.3 Å². The number of esters is 1. The minimum absolute atomic E-state index is 0.112. The number of nitrogens with zero attached hydrogens (tertiary/aromatic N) is 1. The Kier molecular flexibility index (Phi) is 6.88. The van der Waals surface area contributed by atoms with Crippen molar-refractivity contribution in [3.05, 3.63) is 58.1 Å². The molecule has 148 valence electrons. The molecule has 0 spiro atoms. The minimum Gasteiger partial charge on any atom is -0.449 e. The second-order valence-corrected chi connectivity index (χ2v) is 6.53. The maximum absolute atomic E-state index is 12.3. The molecule has 1 amide bonds. The molecule has 0 unspecified atom stereocenters. The van der Waals surface area contributed by atoms with Crippen molar-refractivity contribution in [3.63, 3.8) is 0 Å². The average Bonchev–Trinajstić information content (AvgIpc) is 2.62. The lowest BCUT2D eigenvalue weighted by atomic mass is 10.1. The van der Waals surface area contributed by atoms with Crippen LogP contribution in [-0.2, 0) is 9.53 Å². The topological polar surface area (TPSA) is 125 Å². The Morgan fingerprint density at radius 1 is 1.21 bits per heavy atom. The van der Waals surface area contributed by atoms with Gasteiger partial charge in [-0.2, -0.15) is 8.78 Å². The van der Waals surface area contributed by atoms with Crippen LogP contribution in [0.15, 0.2) is 47.4 Å². The van der Waals surface area contributed by atoms with Gasteiger partial charge in [-0.1, -0.05) is 11.8 Å². The monoisotopic (exact) mass is 411 g/mol. The van der Waals surface area contributed by atoms with Gasteiger partial charge in [-0.15, -0.1) is 0 Å². The number of halogens is 2. The van der Waals surface area contributed by atoms with E-state index in [-0.39, 0.29) is 16.9 Å². The molecule has 3 N–H and O–H groups in total. The fourth-order valence-corrected chi connectivity index (χ4v) is 2.59. The molecule has 0 aromatic heterocycles. The van der Waals surface area contributed by atoms with Gasteiger partial charge in [0.1, 0.15) is 0 Å². The Hall–Kier alpha value is -3.21. The summed E-state index contributed by atoms with van der Waals surface area (Å²) in [6.07, 6.45) is -1.20. The molecule has 0 radical (unpaired) electrons. The molecule has 0 saturated carbocycles. The lowest BCUT2D eigenvalue weighted by Crippen LogP contribution is -2.30. The van der Waals surface area contributed by atoms with E-state index in [1.165, 1.54) is 31.2 Å². The highest BCUT2D eigenvalue weighted by Crippen LogP contribution is 2.26. The number of nitro benzene ring substituents is 1. The summed E-state index contributed by atoms with van der Waals surface area (Å²) >= 11 is 0.373. The molecule has 0 aliphatic heterocycles. The van der Waals surface area contributed by atoms with Gasteiger partial charge >= 0.3 is 5.97 Å². The molecule has 0 aliphatic rings. The van der Waals surface area contributed by atoms with Crippen molar-refractivity contribution in [2.75, 3.05) is 11.1 Å². The summed E-state index contributed by atoms with van der Waals surface area (Å²) in [5.74, 6) is -4.12. The fraction of sp³-hybridized carbons (Fsp3) is 0.176. The lowest BCUT2D eigenvalue weighted by molar-refractivity contribution is -0.384. The van der Waals surface area contributed by atoms with E-state index in [0.29, 0.717) is 22.3 Å². The predicted molar refractivity (Wildman–Crippen MR) is 99.3 cm³/mol. The summed E-state index contributed by atoms with van der Waals surface area (Å²) in [4.78, 5) is 34.6. The minimum atomic E-state index is -2.55. The van der Waals surface area contributed by atoms with Crippen LogP contribution in [0.25, 0.3) is 0 Å². The zero-order valence-electron chi connectivity index (χ0n) is 14.4. The number of anilines is 2. The fourth-order valence-electron chi connectivity index (χ4n) is 2.09. The third-order valence-electron chi connectivity index (χ3n) is 3.47. The Labute approximate surface area is 162 Å². The smallest absolute Gasteiger partial charge is 0.341 e. The molecular formula is C17H15F2N3O5S. The molecule has 0 bridgehead atoms. The molecule has 2 aromatic carbocycles. The number of hydrogen-bond donors (Lipinski definition) is 2. The lowest BCUT2D eigenvalue weighted by Gasteiger charge is -2.14. The number of nitro groups is 1. The van der Waals surface area contributed by atoms with Crippen molar-refractivity contribution >= 4 is 40.7 Å². The van der Waals surface area contributed by atoms with Gasteiger partial charge < -0.3 is 15.8 Å². The number of carbonyl (C=O) groups is 2. The number of alkyl halides is 2. The molecule has 0 saturated heterocycles. The van der Waals surface area contributed by atoms with Gasteiger partial charge in [-0.3, -0.25) is 14.9 Å². The van der Waals surface area contributed by atoms with E-state index in [9.17, 15) is 28.5 Å². The predicted octanol–water partition coefficient (Wildman–Crippen LogP) is 3.68. The van der Waals surface area contributed by atoms with Gasteiger partial charge in [0.15, 0.2) is 6.10 Å². The van der Waals surface area contributed by atoms with Gasteiger partial charge in [0.2, 0.25) is 0 Å². The summed E-state index contributed by atoms with van der Waals surface area (Å²) in [5.41, 5.74) is 5.41. The van der Waals surface area contributed by atoms with Crippen molar-refractivity contribution in [2.24, 2.45) is 0 Å². The van der Waals surface area contributed by atoms with E-state index >= 15 is 0 Å². The molecule has 1 atom stereocenters. The SMILES string of the molecule is C[C@H](OC(=O)c1ccc([N+](=O)[O-])cc1N)C(=O)Nc1ccc(SC(F)F)cc1. The first-order chi connectivity index (χ1) is 13.2. The van der Waals surface area contributed by atoms with Crippen LogP contribution in [0.2, 0.25) is 0 Å². The Balaban J connectivity index is 1.98. The number of thioether (sulfide) groups is 1. The van der Waals surface area contributed by atoms with Crippen LogP contribution in [0.5, 0.6) is 0 Å². The Morgan fingerprint density at radius 2 is 1.86 bits per heavy atom. The number of nitrogens with two attached hydrogens (primary N) is 1. The molecule has 28 heavy (non-hydrogen) atoms. The number of nitrogens with one attached hydrogen (secondary N) is 1. The van der Waals surface area contributed by atoms with E-state index in [1.54, 1.807) is 0 Å². The van der Waals surface area contributed by atoms with Gasteiger partial charge in [0.25, 0.3) is 17.4 Å². The van der Waals surface area contributed by atoms with Crippen molar-refractivity contribution in [3.8, 4) is 0 Å². The normalized spacial score (nSPS) is 11.7. The summed E-state index contributed by atoms with van der Waals surface area (Å²) in [6, 6.07) is 8.95. The van der Waals surface area contributed by atoms with E-state index < -0.39 is 28.7 Å². The highest BCUT2D eigenvalue weighted by molar-refractivity contribution is 7.99. The molecular weight excluding hydrogens is 396 g/mol. The van der Waals surface area contributed by atoms with Crippen molar-refractivity contribution in [1.29, 1.82) is 0 Å². The van der Waals surface area contributed by atoms with E-state index in [4.69, 9.17) is 10.5 Å². The van der Waals surface area contributed by atoms with Crippen LogP contribution < -0.4 is 11.1 Å². The molecule has 0 fully saturated rings. The van der Waals surface area contributed by atoms with Crippen molar-refractivity contribution in [1.82, 2.24) is 0 Å². The number of nitrogen functional groups attached to an aromatic ring is 1. The summed E-state index contributed by atoms with van der Waals surface area (Å²) in [6.45, 7) is 1.33. The first-order valence-electron chi connectivity index (χ1n) is 7.78. The number of amides is 1. The number of rotatable bonds is 7. The largest absolute Gasteiger partial charge is 0.449 e. The zero-order chi connectivity index (χ0) is 20.8. The summed E-state index contributed by atoms with van der Waals surface area (Å²) < 4.78 is 29.6. The van der Waals surface area contributed by atoms with Crippen LogP contribution >= 0.6 is 11.8 Å². The van der Waals surface area contributed by atoms with Gasteiger partial charge in [-0.25, -0.2) is 4.79 Å². The number of non-ortho nitro benzene ring substituents is 1. The van der Waals surface area contributed by atoms with E-state index in [0.717, 1.165) is 18.2 Å². The van der Waals surface area contributed by atoms with Crippen molar-refractivity contribution < 1.29 is 28.0 Å². The summed E-state index contributed by atoms with van der Waals surface area (Å²) in [7, 11) is 0. The first-order valence-corrected chi connectivity index (χ1v) is 8.66. The van der Waals surface area contributed by atoms with Gasteiger partial charge in [0.05, 0.1) is 16.2 Å². The molecule has 0 heterocycles. The molecule has 2 aromatic rings. The van der Waals surface area contributed by atoms with E-state index in [2.05, 4.69) is 5.32 Å². The third-order valence-corrected chi connectivity index (χ3v) is 4.19. The number of benzene rings is 2. The molecule has 8 nitrogen and oxygen atoms in total. The standard InChI is InChI=1S/C17H15F2N3O5S/c1-9(15(23)21-10-2-5-12(6-3-10)28-17(18)19)27-16(24)13-7-4-11(22(25)26)8-14(13)20/h2-9,17H,20H2,1H3,(H,21,23)/t9-/m0/s1. The number of carbonyl (C=O) groups excluding carboxylic acids is 2. The molecule has 11 heteroatoms. The van der Waals surface area contributed by atoms with Crippen LogP contribution in [-0.4, -0.2) is 28.7 Å². The summed E-state index contributed by atoms with van der Waals surface area (Å²) in [5, 5.41) is 13.2. The highest BCUT2D eigenvalue weighted by atomic mass is 32.2. The van der Waals surface area contributed by atoms with Crippen LogP contribution in [0, 0.1) is 10.1 Å². The highest BCUT2D eigenvalue weighted by Gasteiger charge is 2.22. The number of ether oxygens (including phenoxy) is 1. The first kappa shape index (κ1) is 21.1. The maximum Gasteiger partial charge on any atom is 0.341 e. The van der Waals surface area contributed by atoms with Crippen LogP contribution in [0.1, 0.15) is 17.3 Å². The van der Waals surface area contributed by atoms with E-state index in [1.807, 2.05) is 0 Å². The average molecular weight is 411 g/mol. The number of hydrogen-bond acceptors (Lipinski definition) is 7. The Morgan fingerprint density at radius 3 is 2.39 bits per heavy atom. The van der Waals surface area contributed by atoms with Crippen LogP contribution in [0.4, 0.5) is 25.8 Å². The van der Waals surface area contributed by atoms with Gasteiger partial charge in [0, 0.05) is 22.7 Å². The van der Waals surface area contributed by atoms with Crippen molar-refractivity contribution in [2.45, 2.75) is 23.7 Å². The second-order valence-electron chi connectivity index (χ2n) is 5.47. The Bertz CT molecular complexity index is 893. The maximum atomic E-state index is 12.3. The van der Waals surface area contributed by atoms with Crippen LogP contribution in [0.3, 0.4) is 0 Å². The second kappa shape index (κ2) is 9.13. The quantitative estimate of drug-likeness (QED) is 0.234. The molecule has 0 aliphatic carbocycles. The zero-order valence-corrected chi connectivity index (χ0v) is 15.2. The third kappa shape index (κ3) is 5.64. The molecule has 2 rings (SSSR count).